The van der Waals surface area contributed by atoms with Crippen LogP contribution in [-0.4, -0.2) is 31.3 Å². The summed E-state index contributed by atoms with van der Waals surface area (Å²) in [6.07, 6.45) is 4.53. The number of aryl methyl sites for hydroxylation is 3. The molecule has 3 aromatic heterocycles. The zero-order valence-electron chi connectivity index (χ0n) is 24.6. The van der Waals surface area contributed by atoms with Crippen LogP contribution >= 0.6 is 0 Å². The molecule has 6 rings (SSSR count). The molecule has 0 unspecified atom stereocenters. The molecule has 216 valence electrons. The van der Waals surface area contributed by atoms with Crippen molar-refractivity contribution < 1.29 is 13.5 Å². The van der Waals surface area contributed by atoms with Crippen molar-refractivity contribution in [3.8, 4) is 17.3 Å². The number of pyridine rings is 1. The van der Waals surface area contributed by atoms with Crippen molar-refractivity contribution in [1.82, 2.24) is 24.7 Å². The van der Waals surface area contributed by atoms with Crippen LogP contribution in [0.2, 0.25) is 0 Å². The fourth-order valence-electron chi connectivity index (χ4n) is 5.59. The van der Waals surface area contributed by atoms with E-state index in [1.165, 1.54) is 12.1 Å². The average Bonchev–Trinajstić information content (AvgIpc) is 3.31. The second kappa shape index (κ2) is 10.8. The van der Waals surface area contributed by atoms with Crippen molar-refractivity contribution >= 4 is 22.4 Å². The molecule has 1 aliphatic rings. The van der Waals surface area contributed by atoms with Crippen LogP contribution in [0.3, 0.4) is 0 Å². The van der Waals surface area contributed by atoms with E-state index in [1.54, 1.807) is 11.6 Å². The number of ether oxygens (including phenoxy) is 1. The highest BCUT2D eigenvalue weighted by molar-refractivity contribution is 5.92. The van der Waals surface area contributed by atoms with Gasteiger partial charge in [-0.15, -0.1) is 0 Å². The normalized spacial score (nSPS) is 14.2. The van der Waals surface area contributed by atoms with Gasteiger partial charge < -0.3 is 10.1 Å². The first-order valence-electron chi connectivity index (χ1n) is 14.3. The second-order valence-corrected chi connectivity index (χ2v) is 11.7. The van der Waals surface area contributed by atoms with Gasteiger partial charge in [0.05, 0.1) is 18.7 Å². The van der Waals surface area contributed by atoms with E-state index in [0.717, 1.165) is 64.2 Å². The lowest BCUT2D eigenvalue weighted by Gasteiger charge is -2.32. The molecule has 1 N–H and O–H groups in total. The number of halogens is 2. The average molecular weight is 569 g/mol. The highest BCUT2D eigenvalue weighted by Gasteiger charge is 2.30. The topological polar surface area (TPSA) is 77.8 Å². The van der Waals surface area contributed by atoms with Gasteiger partial charge in [0.2, 0.25) is 0 Å². The number of benzene rings is 2. The van der Waals surface area contributed by atoms with Crippen molar-refractivity contribution in [3.05, 3.63) is 88.4 Å². The number of aromatic nitrogens is 5. The molecule has 0 saturated carbocycles. The summed E-state index contributed by atoms with van der Waals surface area (Å²) in [5.74, 6) is 0.0247. The predicted molar refractivity (Wildman–Crippen MR) is 160 cm³/mol. The quantitative estimate of drug-likeness (QED) is 0.219. The van der Waals surface area contributed by atoms with Gasteiger partial charge in [-0.3, -0.25) is 9.67 Å². The lowest BCUT2D eigenvalue weighted by molar-refractivity contribution is 0.312. The maximum Gasteiger partial charge on any atom is 0.182 e. The second-order valence-electron chi connectivity index (χ2n) is 11.7. The van der Waals surface area contributed by atoms with Crippen LogP contribution in [0, 0.1) is 30.9 Å². The van der Waals surface area contributed by atoms with Crippen LogP contribution in [-0.2, 0) is 19.4 Å². The summed E-state index contributed by atoms with van der Waals surface area (Å²) in [6.45, 7) is 10.5. The number of rotatable bonds is 7. The van der Waals surface area contributed by atoms with Crippen LogP contribution in [0.1, 0.15) is 55.3 Å². The summed E-state index contributed by atoms with van der Waals surface area (Å²) >= 11 is 0. The molecule has 0 saturated heterocycles. The zero-order valence-corrected chi connectivity index (χ0v) is 24.6. The van der Waals surface area contributed by atoms with Gasteiger partial charge in [0.15, 0.2) is 5.82 Å². The van der Waals surface area contributed by atoms with Gasteiger partial charge in [-0.1, -0.05) is 32.0 Å². The molecule has 42 heavy (non-hydrogen) atoms. The Morgan fingerprint density at radius 1 is 1.05 bits per heavy atom. The van der Waals surface area contributed by atoms with Gasteiger partial charge in [-0.2, -0.15) is 5.10 Å². The summed E-state index contributed by atoms with van der Waals surface area (Å²) in [5, 5.41) is 9.23. The molecule has 0 atom stereocenters. The minimum absolute atomic E-state index is 0.0854. The summed E-state index contributed by atoms with van der Waals surface area (Å²) in [5.41, 5.74) is 6.29. The molecule has 0 bridgehead atoms. The van der Waals surface area contributed by atoms with Gasteiger partial charge in [0.1, 0.15) is 28.9 Å². The van der Waals surface area contributed by atoms with Crippen molar-refractivity contribution in [3.63, 3.8) is 0 Å². The van der Waals surface area contributed by atoms with E-state index in [4.69, 9.17) is 19.8 Å². The molecule has 0 aliphatic heterocycles. The summed E-state index contributed by atoms with van der Waals surface area (Å²) in [7, 11) is 0. The molecule has 7 nitrogen and oxygen atoms in total. The number of fused-ring (bicyclic) bond motifs is 2. The summed E-state index contributed by atoms with van der Waals surface area (Å²) in [4.78, 5) is 14.5. The highest BCUT2D eigenvalue weighted by Crippen LogP contribution is 2.39. The van der Waals surface area contributed by atoms with Gasteiger partial charge in [-0.25, -0.2) is 18.7 Å². The van der Waals surface area contributed by atoms with Crippen molar-refractivity contribution in [2.45, 2.75) is 60.4 Å². The Kier molecular flexibility index (Phi) is 7.12. The maximum absolute atomic E-state index is 15.0. The van der Waals surface area contributed by atoms with Gasteiger partial charge in [0.25, 0.3) is 0 Å². The zero-order chi connectivity index (χ0) is 29.6. The molecular formula is C33H34F2N6O. The van der Waals surface area contributed by atoms with E-state index in [1.807, 2.05) is 50.4 Å². The molecule has 0 spiro atoms. The number of hydrogen-bond donors (Lipinski definition) is 1. The van der Waals surface area contributed by atoms with E-state index >= 15 is 8.78 Å². The minimum Gasteiger partial charge on any atom is -0.494 e. The van der Waals surface area contributed by atoms with Crippen LogP contribution in [0.25, 0.3) is 22.4 Å². The molecule has 5 aromatic rings. The van der Waals surface area contributed by atoms with Crippen LogP contribution in [0.4, 0.5) is 20.3 Å². The molecule has 9 heteroatoms. The number of nitrogens with one attached hydrogen (secondary N) is 1. The van der Waals surface area contributed by atoms with Crippen molar-refractivity contribution in [2.24, 2.45) is 5.41 Å². The monoisotopic (exact) mass is 568 g/mol. The molecule has 3 heterocycles. The smallest absolute Gasteiger partial charge is 0.182 e. The molecule has 0 radical (unpaired) electrons. The number of hydrogen-bond acceptors (Lipinski definition) is 6. The molecule has 0 amide bonds. The first kappa shape index (κ1) is 27.8. The van der Waals surface area contributed by atoms with Crippen LogP contribution < -0.4 is 10.1 Å². The Hall–Kier alpha value is -4.40. The first-order chi connectivity index (χ1) is 20.1. The third kappa shape index (κ3) is 5.31. The molecular weight excluding hydrogens is 534 g/mol. The summed E-state index contributed by atoms with van der Waals surface area (Å²) in [6, 6.07) is 12.1. The standard InChI is InChI=1S/C33H34F2N6O/c1-6-42-21-14-25(34)24(26(35)15-21)18-41-29-10-8-7-9-22(29)30(40-41)32-37-27-11-12-33(4,5)16-23(27)31(39-32)38-28-13-20(3)36-17-19(28)2/h7-10,13-15,17H,6,11-12,16,18H2,1-5H3,(H,36,37,38,39). The Bertz CT molecular complexity index is 1790. The van der Waals surface area contributed by atoms with E-state index in [9.17, 15) is 0 Å². The van der Waals surface area contributed by atoms with E-state index < -0.39 is 11.6 Å². The van der Waals surface area contributed by atoms with Gasteiger partial charge in [0, 0.05) is 51.9 Å². The van der Waals surface area contributed by atoms with Crippen LogP contribution in [0.5, 0.6) is 5.75 Å². The largest absolute Gasteiger partial charge is 0.494 e. The third-order valence-electron chi connectivity index (χ3n) is 7.88. The van der Waals surface area contributed by atoms with Gasteiger partial charge in [-0.05, 0) is 63.1 Å². The Morgan fingerprint density at radius 2 is 1.81 bits per heavy atom. The fourth-order valence-corrected chi connectivity index (χ4v) is 5.59. The van der Waals surface area contributed by atoms with E-state index in [-0.39, 0.29) is 23.3 Å². The lowest BCUT2D eigenvalue weighted by atomic mass is 9.76. The lowest BCUT2D eigenvalue weighted by Crippen LogP contribution is -2.25. The number of para-hydroxylation sites is 1. The third-order valence-corrected chi connectivity index (χ3v) is 7.88. The SMILES string of the molecule is CCOc1cc(F)c(Cn2nc(-c3nc4c(c(Nc5cc(C)ncc5C)n3)CC(C)(C)CC4)c3ccccc32)c(F)c1. The van der Waals surface area contributed by atoms with E-state index in [2.05, 4.69) is 24.1 Å². The fraction of sp³-hybridized carbons (Fsp3) is 0.333. The Balaban J connectivity index is 1.47. The van der Waals surface area contributed by atoms with Crippen molar-refractivity contribution in [1.29, 1.82) is 0 Å². The molecule has 1 aliphatic carbocycles. The Morgan fingerprint density at radius 3 is 2.57 bits per heavy atom. The molecule has 0 fully saturated rings. The Labute approximate surface area is 244 Å². The molecule has 2 aromatic carbocycles. The summed E-state index contributed by atoms with van der Waals surface area (Å²) < 4.78 is 37.0. The van der Waals surface area contributed by atoms with Gasteiger partial charge >= 0.3 is 0 Å². The van der Waals surface area contributed by atoms with Crippen molar-refractivity contribution in [2.75, 3.05) is 11.9 Å². The number of nitrogens with zero attached hydrogens (tertiary/aromatic N) is 5. The minimum atomic E-state index is -0.679. The van der Waals surface area contributed by atoms with Crippen LogP contribution in [0.15, 0.2) is 48.7 Å². The predicted octanol–water partition coefficient (Wildman–Crippen LogP) is 7.49. The number of anilines is 2. The van der Waals surface area contributed by atoms with E-state index in [0.29, 0.717) is 18.1 Å². The highest BCUT2D eigenvalue weighted by atomic mass is 19.1. The first-order valence-corrected chi connectivity index (χ1v) is 14.3. The maximum atomic E-state index is 15.0.